The molecule has 2 aromatic rings. The fraction of sp³-hybridized carbons (Fsp3) is 0.444. The van der Waals surface area contributed by atoms with E-state index in [0.29, 0.717) is 17.6 Å². The number of aliphatic carboxylic acids is 1. The van der Waals surface area contributed by atoms with E-state index in [1.807, 2.05) is 12.1 Å². The monoisotopic (exact) mass is 422 g/mol. The minimum Gasteiger partial charge on any atom is -0.497 e. The second-order valence-corrected chi connectivity index (χ2v) is 9.07. The van der Waals surface area contributed by atoms with Gasteiger partial charge in [-0.3, -0.25) is 4.79 Å². The van der Waals surface area contributed by atoms with Crippen LogP contribution in [0.1, 0.15) is 73.5 Å². The number of allylic oxidation sites excluding steroid dienone is 1. The largest absolute Gasteiger partial charge is 0.497 e. The van der Waals surface area contributed by atoms with Gasteiger partial charge in [-0.05, 0) is 97.1 Å². The van der Waals surface area contributed by atoms with Gasteiger partial charge in [0.15, 0.2) is 0 Å². The van der Waals surface area contributed by atoms with Gasteiger partial charge in [0.05, 0.1) is 13.5 Å². The molecule has 4 rings (SSSR count). The van der Waals surface area contributed by atoms with Gasteiger partial charge < -0.3 is 9.84 Å². The molecule has 1 N–H and O–H groups in total. The van der Waals surface area contributed by atoms with Crippen LogP contribution >= 0.6 is 0 Å². The Morgan fingerprint density at radius 2 is 1.90 bits per heavy atom. The molecule has 0 amide bonds. The lowest BCUT2D eigenvalue weighted by atomic mass is 9.78. The lowest BCUT2D eigenvalue weighted by Crippen LogP contribution is -2.13. The Labute approximate surface area is 183 Å². The fourth-order valence-electron chi connectivity index (χ4n) is 4.97. The highest BCUT2D eigenvalue weighted by molar-refractivity contribution is 5.68. The molecular formula is C27H31FO3. The number of rotatable bonds is 8. The van der Waals surface area contributed by atoms with Gasteiger partial charge in [-0.1, -0.05) is 36.4 Å². The van der Waals surface area contributed by atoms with E-state index in [1.165, 1.54) is 6.07 Å². The van der Waals surface area contributed by atoms with E-state index in [0.717, 1.165) is 55.2 Å². The van der Waals surface area contributed by atoms with E-state index < -0.39 is 5.97 Å². The van der Waals surface area contributed by atoms with Crippen molar-refractivity contribution in [1.29, 1.82) is 0 Å². The topological polar surface area (TPSA) is 46.5 Å². The third kappa shape index (κ3) is 5.55. The quantitative estimate of drug-likeness (QED) is 0.509. The summed E-state index contributed by atoms with van der Waals surface area (Å²) in [5.74, 6) is 1.24. The SMILES string of the molecule is COc1ccc(F)c([C@H]2CC[C@H](/C=C/c3cccc([C@@H](CC(=O)O)C4CC4)c3)CC2)c1. The van der Waals surface area contributed by atoms with E-state index >= 15 is 0 Å². The first-order valence-corrected chi connectivity index (χ1v) is 11.4. The molecule has 0 heterocycles. The summed E-state index contributed by atoms with van der Waals surface area (Å²) >= 11 is 0. The highest BCUT2D eigenvalue weighted by Gasteiger charge is 2.33. The van der Waals surface area contributed by atoms with Crippen molar-refractivity contribution in [2.75, 3.05) is 7.11 Å². The molecule has 2 saturated carbocycles. The molecule has 0 unspecified atom stereocenters. The fourth-order valence-corrected chi connectivity index (χ4v) is 4.97. The van der Waals surface area contributed by atoms with E-state index in [9.17, 15) is 14.3 Å². The van der Waals surface area contributed by atoms with Crippen LogP contribution in [0.4, 0.5) is 4.39 Å². The molecule has 0 aromatic heterocycles. The van der Waals surface area contributed by atoms with Crippen LogP contribution in [0.25, 0.3) is 6.08 Å². The van der Waals surface area contributed by atoms with Crippen molar-refractivity contribution in [2.24, 2.45) is 11.8 Å². The van der Waals surface area contributed by atoms with Gasteiger partial charge in [0, 0.05) is 0 Å². The van der Waals surface area contributed by atoms with Crippen LogP contribution in [0.5, 0.6) is 5.75 Å². The molecule has 164 valence electrons. The molecule has 1 atom stereocenters. The molecule has 2 fully saturated rings. The summed E-state index contributed by atoms with van der Waals surface area (Å²) in [6, 6.07) is 13.4. The number of methoxy groups -OCH3 is 1. The average Bonchev–Trinajstić information content (AvgIpc) is 3.62. The van der Waals surface area contributed by atoms with Crippen molar-refractivity contribution in [3.8, 4) is 5.75 Å². The lowest BCUT2D eigenvalue weighted by Gasteiger charge is -2.27. The zero-order valence-electron chi connectivity index (χ0n) is 18.1. The Morgan fingerprint density at radius 1 is 1.13 bits per heavy atom. The van der Waals surface area contributed by atoms with E-state index in [-0.39, 0.29) is 24.1 Å². The van der Waals surface area contributed by atoms with Crippen molar-refractivity contribution in [3.63, 3.8) is 0 Å². The van der Waals surface area contributed by atoms with Crippen molar-refractivity contribution in [1.82, 2.24) is 0 Å². The molecule has 31 heavy (non-hydrogen) atoms. The second kappa shape index (κ2) is 9.67. The van der Waals surface area contributed by atoms with E-state index in [1.54, 1.807) is 13.2 Å². The van der Waals surface area contributed by atoms with Crippen LogP contribution in [0, 0.1) is 17.7 Å². The Hall–Kier alpha value is -2.62. The minimum absolute atomic E-state index is 0.124. The zero-order valence-corrected chi connectivity index (χ0v) is 18.1. The van der Waals surface area contributed by atoms with E-state index in [2.05, 4.69) is 30.4 Å². The molecule has 2 aliphatic carbocycles. The molecule has 4 heteroatoms. The molecule has 0 saturated heterocycles. The van der Waals surface area contributed by atoms with Crippen LogP contribution < -0.4 is 4.74 Å². The smallest absolute Gasteiger partial charge is 0.303 e. The van der Waals surface area contributed by atoms with Crippen LogP contribution in [0.2, 0.25) is 0 Å². The van der Waals surface area contributed by atoms with Crippen LogP contribution in [0.15, 0.2) is 48.5 Å². The number of carboxylic acid groups (broad SMARTS) is 1. The molecule has 2 aliphatic rings. The third-order valence-corrected chi connectivity index (χ3v) is 6.90. The first kappa shape index (κ1) is 21.6. The standard InChI is InChI=1S/C27H31FO3/c1-31-23-13-14-26(28)25(16-23)21-9-7-18(8-10-21)5-6-19-3-2-4-22(15-19)24(17-27(29)30)20-11-12-20/h2-6,13-16,18,20-21,24H,7-12,17H2,1H3,(H,29,30)/b6-5+/t18-,21-,24-/m0/s1. The normalized spacial score (nSPS) is 22.4. The molecule has 0 bridgehead atoms. The molecule has 0 spiro atoms. The molecule has 3 nitrogen and oxygen atoms in total. The Bertz CT molecular complexity index is 939. The molecule has 2 aromatic carbocycles. The number of hydrogen-bond donors (Lipinski definition) is 1. The van der Waals surface area contributed by atoms with Crippen molar-refractivity contribution < 1.29 is 19.0 Å². The first-order chi connectivity index (χ1) is 15.0. The summed E-state index contributed by atoms with van der Waals surface area (Å²) in [7, 11) is 1.61. The number of carbonyl (C=O) groups is 1. The van der Waals surface area contributed by atoms with Crippen molar-refractivity contribution in [3.05, 3.63) is 71.0 Å². The Balaban J connectivity index is 1.38. The maximum absolute atomic E-state index is 14.3. The highest BCUT2D eigenvalue weighted by atomic mass is 19.1. The van der Waals surface area contributed by atoms with Gasteiger partial charge in [0.1, 0.15) is 11.6 Å². The molecule has 0 aliphatic heterocycles. The number of hydrogen-bond acceptors (Lipinski definition) is 2. The van der Waals surface area contributed by atoms with Gasteiger partial charge in [-0.25, -0.2) is 4.39 Å². The number of benzene rings is 2. The zero-order chi connectivity index (χ0) is 21.8. The Morgan fingerprint density at radius 3 is 2.58 bits per heavy atom. The maximum atomic E-state index is 14.3. The minimum atomic E-state index is -0.720. The van der Waals surface area contributed by atoms with Gasteiger partial charge in [0.2, 0.25) is 0 Å². The predicted molar refractivity (Wildman–Crippen MR) is 121 cm³/mol. The van der Waals surface area contributed by atoms with Crippen LogP contribution in [-0.2, 0) is 4.79 Å². The van der Waals surface area contributed by atoms with Gasteiger partial charge in [0.25, 0.3) is 0 Å². The summed E-state index contributed by atoms with van der Waals surface area (Å²) in [5.41, 5.74) is 3.05. The maximum Gasteiger partial charge on any atom is 0.303 e. The van der Waals surface area contributed by atoms with Crippen LogP contribution in [-0.4, -0.2) is 18.2 Å². The first-order valence-electron chi connectivity index (χ1n) is 11.4. The third-order valence-electron chi connectivity index (χ3n) is 6.90. The lowest BCUT2D eigenvalue weighted by molar-refractivity contribution is -0.137. The van der Waals surface area contributed by atoms with Gasteiger partial charge in [-0.15, -0.1) is 0 Å². The summed E-state index contributed by atoms with van der Waals surface area (Å²) in [4.78, 5) is 11.3. The van der Waals surface area contributed by atoms with Crippen LogP contribution in [0.3, 0.4) is 0 Å². The average molecular weight is 423 g/mol. The summed E-state index contributed by atoms with van der Waals surface area (Å²) in [5, 5.41) is 9.27. The number of ether oxygens (including phenoxy) is 1. The predicted octanol–water partition coefficient (Wildman–Crippen LogP) is 6.79. The summed E-state index contributed by atoms with van der Waals surface area (Å²) < 4.78 is 19.6. The molecule has 0 radical (unpaired) electrons. The highest BCUT2D eigenvalue weighted by Crippen LogP contribution is 2.45. The Kier molecular flexibility index (Phi) is 6.74. The number of carboxylic acids is 1. The second-order valence-electron chi connectivity index (χ2n) is 9.07. The van der Waals surface area contributed by atoms with Gasteiger partial charge in [-0.2, -0.15) is 0 Å². The van der Waals surface area contributed by atoms with E-state index in [4.69, 9.17) is 4.74 Å². The summed E-state index contributed by atoms with van der Waals surface area (Å²) in [6.45, 7) is 0. The van der Waals surface area contributed by atoms with Crippen molar-refractivity contribution in [2.45, 2.75) is 56.8 Å². The molecular weight excluding hydrogens is 391 g/mol. The summed E-state index contributed by atoms with van der Waals surface area (Å²) in [6.07, 6.45) is 11.0. The van der Waals surface area contributed by atoms with Gasteiger partial charge >= 0.3 is 5.97 Å². The number of halogens is 1. The van der Waals surface area contributed by atoms with Crippen molar-refractivity contribution >= 4 is 12.0 Å².